The standard InChI is InChI=1S/C5H3Br3O2/c6-5(7,8)2-1-3-10-4-9/h4H,2H2. The van der Waals surface area contributed by atoms with E-state index in [9.17, 15) is 4.79 Å². The highest BCUT2D eigenvalue weighted by Crippen LogP contribution is 2.36. The Bertz CT molecular complexity index is 162. The molecule has 0 aliphatic rings. The van der Waals surface area contributed by atoms with Crippen LogP contribution in [0.15, 0.2) is 0 Å². The van der Waals surface area contributed by atoms with Gasteiger partial charge in [-0.05, 0) is 0 Å². The SMILES string of the molecule is O=COC#CCC(Br)(Br)Br. The fourth-order valence-corrected chi connectivity index (χ4v) is 0.623. The van der Waals surface area contributed by atoms with E-state index in [0.717, 1.165) is 0 Å². The number of hydrogen-bond acceptors (Lipinski definition) is 2. The number of rotatable bonds is 1. The molecule has 0 aromatic heterocycles. The van der Waals surface area contributed by atoms with Crippen molar-refractivity contribution in [3.8, 4) is 12.0 Å². The first-order chi connectivity index (χ1) is 4.56. The van der Waals surface area contributed by atoms with Gasteiger partial charge < -0.3 is 4.74 Å². The third-order valence-corrected chi connectivity index (χ3v) is 1.31. The van der Waals surface area contributed by atoms with Crippen molar-refractivity contribution in [1.29, 1.82) is 0 Å². The third-order valence-electron chi connectivity index (χ3n) is 0.468. The number of halogens is 3. The van der Waals surface area contributed by atoms with Crippen molar-refractivity contribution in [2.75, 3.05) is 0 Å². The molecule has 2 nitrogen and oxygen atoms in total. The van der Waals surface area contributed by atoms with Crippen LogP contribution in [-0.2, 0) is 9.53 Å². The van der Waals surface area contributed by atoms with Crippen molar-refractivity contribution >= 4 is 54.3 Å². The van der Waals surface area contributed by atoms with Gasteiger partial charge in [0.25, 0.3) is 0 Å². The molecule has 0 fully saturated rings. The van der Waals surface area contributed by atoms with Gasteiger partial charge in [-0.1, -0.05) is 53.7 Å². The molecule has 0 radical (unpaired) electrons. The molecule has 0 N–H and O–H groups in total. The zero-order valence-corrected chi connectivity index (χ0v) is 9.49. The molecule has 0 aliphatic heterocycles. The van der Waals surface area contributed by atoms with E-state index in [1.807, 2.05) is 0 Å². The monoisotopic (exact) mass is 332 g/mol. The van der Waals surface area contributed by atoms with Gasteiger partial charge in [-0.3, -0.25) is 4.79 Å². The average Bonchev–Trinajstić information content (AvgIpc) is 1.78. The van der Waals surface area contributed by atoms with Crippen LogP contribution in [0.4, 0.5) is 0 Å². The van der Waals surface area contributed by atoms with Crippen molar-refractivity contribution < 1.29 is 9.53 Å². The molecule has 0 spiro atoms. The van der Waals surface area contributed by atoms with Gasteiger partial charge in [-0.15, -0.1) is 0 Å². The highest BCUT2D eigenvalue weighted by molar-refractivity contribution is 9.39. The second kappa shape index (κ2) is 5.16. The molecule has 56 valence electrons. The Balaban J connectivity index is 3.55. The molecule has 0 saturated carbocycles. The number of carbonyl (C=O) groups excluding carboxylic acids is 1. The molecule has 0 rings (SSSR count). The van der Waals surface area contributed by atoms with Crippen LogP contribution in [0.25, 0.3) is 0 Å². The maximum absolute atomic E-state index is 9.57. The zero-order valence-electron chi connectivity index (χ0n) is 4.73. The first-order valence-electron chi connectivity index (χ1n) is 2.20. The Morgan fingerprint density at radius 1 is 1.50 bits per heavy atom. The van der Waals surface area contributed by atoms with E-state index < -0.39 is 0 Å². The van der Waals surface area contributed by atoms with Gasteiger partial charge in [-0.2, -0.15) is 0 Å². The van der Waals surface area contributed by atoms with Gasteiger partial charge in [0.1, 0.15) is 8.25 Å². The summed E-state index contributed by atoms with van der Waals surface area (Å²) in [7, 11) is 0. The molecule has 0 atom stereocenters. The van der Waals surface area contributed by atoms with Crippen LogP contribution >= 0.6 is 47.8 Å². The third kappa shape index (κ3) is 8.47. The van der Waals surface area contributed by atoms with Crippen LogP contribution in [0.3, 0.4) is 0 Å². The lowest BCUT2D eigenvalue weighted by molar-refractivity contribution is -0.122. The van der Waals surface area contributed by atoms with Crippen molar-refractivity contribution in [3.05, 3.63) is 0 Å². The molecule has 0 unspecified atom stereocenters. The zero-order chi connectivity index (χ0) is 8.04. The summed E-state index contributed by atoms with van der Waals surface area (Å²) in [5, 5.41) is 0. The van der Waals surface area contributed by atoms with E-state index in [-0.39, 0.29) is 8.62 Å². The second-order valence-corrected chi connectivity index (χ2v) is 8.54. The van der Waals surface area contributed by atoms with Crippen LogP contribution in [0, 0.1) is 12.0 Å². The van der Waals surface area contributed by atoms with Crippen LogP contribution in [0.2, 0.25) is 0 Å². The largest absolute Gasteiger partial charge is 0.375 e. The molecule has 10 heavy (non-hydrogen) atoms. The summed E-state index contributed by atoms with van der Waals surface area (Å²) in [5.74, 6) is 2.58. The lowest BCUT2D eigenvalue weighted by atomic mass is 10.5. The molecule has 0 aromatic rings. The minimum Gasteiger partial charge on any atom is -0.375 e. The number of hydrogen-bond donors (Lipinski definition) is 0. The van der Waals surface area contributed by atoms with E-state index in [2.05, 4.69) is 64.6 Å². The summed E-state index contributed by atoms with van der Waals surface area (Å²) < 4.78 is 3.74. The predicted octanol–water partition coefficient (Wildman–Crippen LogP) is 2.35. The Kier molecular flexibility index (Phi) is 5.41. The van der Waals surface area contributed by atoms with E-state index in [1.54, 1.807) is 0 Å². The predicted molar refractivity (Wildman–Crippen MR) is 49.1 cm³/mol. The molecular formula is C5H3Br3O2. The maximum Gasteiger partial charge on any atom is 0.307 e. The van der Waals surface area contributed by atoms with Gasteiger partial charge in [0.15, 0.2) is 0 Å². The molecule has 0 heterocycles. The second-order valence-electron chi connectivity index (χ2n) is 1.28. The molecule has 0 aliphatic carbocycles. The Morgan fingerprint density at radius 3 is 2.50 bits per heavy atom. The van der Waals surface area contributed by atoms with Crippen LogP contribution in [0.1, 0.15) is 6.42 Å². The minimum absolute atomic E-state index is 0.283. The molecule has 0 amide bonds. The van der Waals surface area contributed by atoms with Crippen LogP contribution in [0.5, 0.6) is 0 Å². The molecule has 0 bridgehead atoms. The Morgan fingerprint density at radius 2 is 2.10 bits per heavy atom. The summed E-state index contributed by atoms with van der Waals surface area (Å²) in [5.41, 5.74) is 0. The number of carbonyl (C=O) groups is 1. The first kappa shape index (κ1) is 10.5. The fraction of sp³-hybridized carbons (Fsp3) is 0.400. The van der Waals surface area contributed by atoms with E-state index >= 15 is 0 Å². The first-order valence-corrected chi connectivity index (χ1v) is 4.58. The van der Waals surface area contributed by atoms with Gasteiger partial charge in [0.05, 0.1) is 0 Å². The fourth-order valence-electron chi connectivity index (χ4n) is 0.202. The highest BCUT2D eigenvalue weighted by Gasteiger charge is 2.14. The summed E-state index contributed by atoms with van der Waals surface area (Å²) in [4.78, 5) is 9.57. The van der Waals surface area contributed by atoms with Crippen LogP contribution < -0.4 is 0 Å². The molecule has 5 heteroatoms. The smallest absolute Gasteiger partial charge is 0.307 e. The Hall–Kier alpha value is 0.470. The van der Waals surface area contributed by atoms with Gasteiger partial charge >= 0.3 is 6.47 Å². The van der Waals surface area contributed by atoms with Gasteiger partial charge in [0.2, 0.25) is 0 Å². The normalized spacial score (nSPS) is 9.50. The number of ether oxygens (including phenoxy) is 1. The maximum atomic E-state index is 9.57. The summed E-state index contributed by atoms with van der Waals surface area (Å²) in [6.07, 6.45) is 2.67. The van der Waals surface area contributed by atoms with Crippen LogP contribution in [-0.4, -0.2) is 8.62 Å². The highest BCUT2D eigenvalue weighted by atomic mass is 80.0. The topological polar surface area (TPSA) is 26.3 Å². The van der Waals surface area contributed by atoms with Crippen molar-refractivity contribution in [3.63, 3.8) is 0 Å². The average molecular weight is 335 g/mol. The molecular weight excluding hydrogens is 332 g/mol. The summed E-state index contributed by atoms with van der Waals surface area (Å²) >= 11 is 9.65. The van der Waals surface area contributed by atoms with Crippen molar-refractivity contribution in [2.45, 2.75) is 8.56 Å². The lowest BCUT2D eigenvalue weighted by Gasteiger charge is -2.03. The molecule has 0 aromatic carbocycles. The van der Waals surface area contributed by atoms with E-state index in [1.165, 1.54) is 0 Å². The summed E-state index contributed by atoms with van der Waals surface area (Å²) in [6.45, 7) is 0.283. The number of alkyl halides is 3. The van der Waals surface area contributed by atoms with Gasteiger partial charge in [-0.25, -0.2) is 0 Å². The van der Waals surface area contributed by atoms with Crippen molar-refractivity contribution in [1.82, 2.24) is 0 Å². The lowest BCUT2D eigenvalue weighted by Crippen LogP contribution is -1.95. The quantitative estimate of drug-likeness (QED) is 0.418. The Labute approximate surface area is 84.1 Å². The van der Waals surface area contributed by atoms with E-state index in [0.29, 0.717) is 6.42 Å². The van der Waals surface area contributed by atoms with Gasteiger partial charge in [0, 0.05) is 6.42 Å². The van der Waals surface area contributed by atoms with E-state index in [4.69, 9.17) is 0 Å². The minimum atomic E-state index is -0.383. The molecule has 0 saturated heterocycles. The summed E-state index contributed by atoms with van der Waals surface area (Å²) in [6, 6.07) is 0. The van der Waals surface area contributed by atoms with Crippen molar-refractivity contribution in [2.24, 2.45) is 0 Å².